The van der Waals surface area contributed by atoms with Crippen molar-refractivity contribution in [2.24, 2.45) is 0 Å². The molecular formula is C13H10Cl2S. The Morgan fingerprint density at radius 2 is 1.50 bits per heavy atom. The SMILES string of the molecule is Cc1ccccc1Sc1c(Cl)cccc1Cl. The molecule has 0 aromatic heterocycles. The topological polar surface area (TPSA) is 0 Å². The number of hydrogen-bond donors (Lipinski definition) is 0. The Labute approximate surface area is 110 Å². The molecular weight excluding hydrogens is 259 g/mol. The first-order chi connectivity index (χ1) is 7.68. The smallest absolute Gasteiger partial charge is 0.0560 e. The standard InChI is InChI=1S/C13H10Cl2S/c1-9-5-2-3-8-12(9)16-13-10(14)6-4-7-11(13)15/h2-8H,1H3. The third kappa shape index (κ3) is 2.54. The molecule has 0 saturated heterocycles. The zero-order valence-electron chi connectivity index (χ0n) is 8.71. The highest BCUT2D eigenvalue weighted by Crippen LogP contribution is 2.39. The summed E-state index contributed by atoms with van der Waals surface area (Å²) >= 11 is 13.9. The molecule has 0 N–H and O–H groups in total. The lowest BCUT2D eigenvalue weighted by atomic mass is 10.2. The summed E-state index contributed by atoms with van der Waals surface area (Å²) in [5, 5.41) is 1.39. The van der Waals surface area contributed by atoms with Crippen LogP contribution in [0, 0.1) is 6.92 Å². The molecule has 0 bridgehead atoms. The van der Waals surface area contributed by atoms with Crippen LogP contribution >= 0.6 is 35.0 Å². The van der Waals surface area contributed by atoms with Crippen LogP contribution in [0.25, 0.3) is 0 Å². The lowest BCUT2D eigenvalue weighted by Crippen LogP contribution is -1.81. The van der Waals surface area contributed by atoms with Crippen LogP contribution in [0.1, 0.15) is 5.56 Å². The van der Waals surface area contributed by atoms with Gasteiger partial charge >= 0.3 is 0 Å². The Balaban J connectivity index is 2.38. The van der Waals surface area contributed by atoms with Gasteiger partial charge in [-0.05, 0) is 30.7 Å². The Kier molecular flexibility index (Phi) is 3.80. The molecule has 0 amide bonds. The van der Waals surface area contributed by atoms with E-state index >= 15 is 0 Å². The minimum absolute atomic E-state index is 0.695. The van der Waals surface area contributed by atoms with Crippen molar-refractivity contribution in [2.75, 3.05) is 0 Å². The summed E-state index contributed by atoms with van der Waals surface area (Å²) in [6.45, 7) is 2.08. The fourth-order valence-corrected chi connectivity index (χ4v) is 2.92. The summed E-state index contributed by atoms with van der Waals surface area (Å²) in [6.07, 6.45) is 0. The highest BCUT2D eigenvalue weighted by Gasteiger charge is 2.08. The first-order valence-electron chi connectivity index (χ1n) is 4.86. The van der Waals surface area contributed by atoms with Gasteiger partial charge in [-0.2, -0.15) is 0 Å². The number of rotatable bonds is 2. The van der Waals surface area contributed by atoms with Crippen LogP contribution in [0.5, 0.6) is 0 Å². The monoisotopic (exact) mass is 268 g/mol. The van der Waals surface area contributed by atoms with Gasteiger partial charge in [0.1, 0.15) is 0 Å². The number of hydrogen-bond acceptors (Lipinski definition) is 1. The average Bonchev–Trinajstić information content (AvgIpc) is 2.26. The molecule has 0 aliphatic rings. The third-order valence-corrected chi connectivity index (χ3v) is 4.40. The van der Waals surface area contributed by atoms with E-state index in [1.165, 1.54) is 10.5 Å². The van der Waals surface area contributed by atoms with Gasteiger partial charge in [0.2, 0.25) is 0 Å². The van der Waals surface area contributed by atoms with Crippen molar-refractivity contribution in [3.05, 3.63) is 58.1 Å². The molecule has 16 heavy (non-hydrogen) atoms. The van der Waals surface area contributed by atoms with Gasteiger partial charge in [-0.3, -0.25) is 0 Å². The van der Waals surface area contributed by atoms with E-state index in [-0.39, 0.29) is 0 Å². The maximum atomic E-state index is 6.13. The van der Waals surface area contributed by atoms with Crippen LogP contribution in [0.15, 0.2) is 52.3 Å². The fraction of sp³-hybridized carbons (Fsp3) is 0.0769. The van der Waals surface area contributed by atoms with E-state index in [0.29, 0.717) is 10.0 Å². The summed E-state index contributed by atoms with van der Waals surface area (Å²) in [7, 11) is 0. The summed E-state index contributed by atoms with van der Waals surface area (Å²) in [6, 6.07) is 13.7. The minimum Gasteiger partial charge on any atom is -0.0867 e. The molecule has 0 heterocycles. The highest BCUT2D eigenvalue weighted by atomic mass is 35.5. The second-order valence-corrected chi connectivity index (χ2v) is 5.28. The highest BCUT2D eigenvalue weighted by molar-refractivity contribution is 7.99. The largest absolute Gasteiger partial charge is 0.0867 e. The molecule has 2 aromatic carbocycles. The molecule has 0 atom stereocenters. The van der Waals surface area contributed by atoms with Gasteiger partial charge in [0.05, 0.1) is 10.0 Å². The van der Waals surface area contributed by atoms with Crippen molar-refractivity contribution in [3.63, 3.8) is 0 Å². The van der Waals surface area contributed by atoms with Crippen LogP contribution in [-0.4, -0.2) is 0 Å². The Morgan fingerprint density at radius 3 is 2.12 bits per heavy atom. The molecule has 82 valence electrons. The molecule has 0 aliphatic carbocycles. The van der Waals surface area contributed by atoms with Crippen LogP contribution in [-0.2, 0) is 0 Å². The zero-order chi connectivity index (χ0) is 11.5. The molecule has 0 spiro atoms. The van der Waals surface area contributed by atoms with E-state index in [1.807, 2.05) is 30.3 Å². The van der Waals surface area contributed by atoms with Crippen molar-refractivity contribution in [1.82, 2.24) is 0 Å². The molecule has 2 rings (SSSR count). The van der Waals surface area contributed by atoms with Gasteiger partial charge in [-0.1, -0.05) is 59.2 Å². The summed E-state index contributed by atoms with van der Waals surface area (Å²) in [5.74, 6) is 0. The van der Waals surface area contributed by atoms with E-state index in [2.05, 4.69) is 19.1 Å². The predicted molar refractivity (Wildman–Crippen MR) is 71.8 cm³/mol. The van der Waals surface area contributed by atoms with Crippen molar-refractivity contribution in [1.29, 1.82) is 0 Å². The van der Waals surface area contributed by atoms with Gasteiger partial charge in [-0.15, -0.1) is 0 Å². The van der Waals surface area contributed by atoms with Crippen LogP contribution in [0.2, 0.25) is 10.0 Å². The van der Waals surface area contributed by atoms with Crippen LogP contribution in [0.3, 0.4) is 0 Å². The second kappa shape index (κ2) is 5.13. The summed E-state index contributed by atoms with van der Waals surface area (Å²) < 4.78 is 0. The summed E-state index contributed by atoms with van der Waals surface area (Å²) in [4.78, 5) is 2.10. The fourth-order valence-electron chi connectivity index (χ4n) is 1.36. The van der Waals surface area contributed by atoms with Crippen molar-refractivity contribution in [2.45, 2.75) is 16.7 Å². The first kappa shape index (κ1) is 11.8. The maximum absolute atomic E-state index is 6.13. The lowest BCUT2D eigenvalue weighted by molar-refractivity contribution is 1.29. The van der Waals surface area contributed by atoms with Gasteiger partial charge in [0, 0.05) is 9.79 Å². The van der Waals surface area contributed by atoms with Crippen molar-refractivity contribution < 1.29 is 0 Å². The van der Waals surface area contributed by atoms with E-state index in [1.54, 1.807) is 11.8 Å². The van der Waals surface area contributed by atoms with E-state index < -0.39 is 0 Å². The zero-order valence-corrected chi connectivity index (χ0v) is 11.0. The molecule has 0 aliphatic heterocycles. The number of aryl methyl sites for hydroxylation is 1. The third-order valence-electron chi connectivity index (χ3n) is 2.22. The molecule has 0 fully saturated rings. The van der Waals surface area contributed by atoms with E-state index in [4.69, 9.17) is 23.2 Å². The predicted octanol–water partition coefficient (Wildman–Crippen LogP) is 5.45. The first-order valence-corrected chi connectivity index (χ1v) is 6.43. The minimum atomic E-state index is 0.695. The molecule has 0 saturated carbocycles. The maximum Gasteiger partial charge on any atom is 0.0560 e. The van der Waals surface area contributed by atoms with Crippen molar-refractivity contribution in [3.8, 4) is 0 Å². The van der Waals surface area contributed by atoms with Crippen LogP contribution < -0.4 is 0 Å². The second-order valence-electron chi connectivity index (χ2n) is 3.42. The molecule has 0 radical (unpaired) electrons. The quantitative estimate of drug-likeness (QED) is 0.698. The van der Waals surface area contributed by atoms with E-state index in [9.17, 15) is 0 Å². The Bertz CT molecular complexity index is 489. The average molecular weight is 269 g/mol. The Hall–Kier alpha value is -0.630. The Morgan fingerprint density at radius 1 is 0.875 bits per heavy atom. The number of halogens is 2. The lowest BCUT2D eigenvalue weighted by Gasteiger charge is -2.08. The molecule has 2 aromatic rings. The van der Waals surface area contributed by atoms with Gasteiger partial charge in [0.25, 0.3) is 0 Å². The van der Waals surface area contributed by atoms with E-state index in [0.717, 1.165) is 4.90 Å². The normalized spacial score (nSPS) is 10.4. The molecule has 3 heteroatoms. The number of benzene rings is 2. The summed E-state index contributed by atoms with van der Waals surface area (Å²) in [5.41, 5.74) is 1.23. The van der Waals surface area contributed by atoms with Crippen molar-refractivity contribution >= 4 is 35.0 Å². The van der Waals surface area contributed by atoms with Crippen LogP contribution in [0.4, 0.5) is 0 Å². The molecule has 0 unspecified atom stereocenters. The van der Waals surface area contributed by atoms with Gasteiger partial charge < -0.3 is 0 Å². The van der Waals surface area contributed by atoms with Gasteiger partial charge in [0.15, 0.2) is 0 Å². The van der Waals surface area contributed by atoms with Gasteiger partial charge in [-0.25, -0.2) is 0 Å². The molecule has 0 nitrogen and oxygen atoms in total.